The van der Waals surface area contributed by atoms with E-state index < -0.39 is 11.2 Å². The molecule has 0 radical (unpaired) electrons. The number of aromatic hydroxyl groups is 2. The first-order chi connectivity index (χ1) is 8.16. The second-order valence-corrected chi connectivity index (χ2v) is 4.37. The number of para-hydroxylation sites is 1. The molecule has 1 aromatic carbocycles. The number of hydrogen-bond acceptors (Lipinski definition) is 5. The molecule has 2 N–H and O–H groups in total. The summed E-state index contributed by atoms with van der Waals surface area (Å²) in [6, 6.07) is 8.16. The van der Waals surface area contributed by atoms with E-state index >= 15 is 0 Å². The smallest absolute Gasteiger partial charge is 0.226 e. The maximum Gasteiger partial charge on any atom is 0.226 e. The summed E-state index contributed by atoms with van der Waals surface area (Å²) in [4.78, 5) is 11.9. The van der Waals surface area contributed by atoms with Crippen LogP contribution in [0.15, 0.2) is 50.7 Å². The molecule has 2 rings (SSSR count). The van der Waals surface area contributed by atoms with E-state index in [4.69, 9.17) is 9.52 Å². The molecule has 5 heteroatoms. The summed E-state index contributed by atoms with van der Waals surface area (Å²) in [6.07, 6.45) is 1.02. The zero-order valence-corrected chi connectivity index (χ0v) is 9.61. The maximum atomic E-state index is 11.1. The van der Waals surface area contributed by atoms with Gasteiger partial charge in [-0.3, -0.25) is 4.79 Å². The second kappa shape index (κ2) is 4.97. The van der Waals surface area contributed by atoms with Crippen molar-refractivity contribution >= 4 is 11.8 Å². The SMILES string of the molecule is O=c1cc(CSc2ccccc2O)occ1O. The summed E-state index contributed by atoms with van der Waals surface area (Å²) in [5.41, 5.74) is -0.468. The van der Waals surface area contributed by atoms with Gasteiger partial charge in [0.2, 0.25) is 5.43 Å². The van der Waals surface area contributed by atoms with Crippen molar-refractivity contribution in [2.24, 2.45) is 0 Å². The summed E-state index contributed by atoms with van der Waals surface area (Å²) in [7, 11) is 0. The van der Waals surface area contributed by atoms with Crippen LogP contribution in [-0.4, -0.2) is 10.2 Å². The standard InChI is InChI=1S/C12H10O4S/c13-9-3-1-2-4-12(9)17-7-8-5-10(14)11(15)6-16-8/h1-6,13,15H,7H2. The Balaban J connectivity index is 2.10. The monoisotopic (exact) mass is 250 g/mol. The van der Waals surface area contributed by atoms with Gasteiger partial charge in [0, 0.05) is 11.0 Å². The Morgan fingerprint density at radius 3 is 2.65 bits per heavy atom. The highest BCUT2D eigenvalue weighted by molar-refractivity contribution is 7.98. The fraction of sp³-hybridized carbons (Fsp3) is 0.0833. The molecule has 0 saturated heterocycles. The van der Waals surface area contributed by atoms with E-state index in [0.717, 1.165) is 6.26 Å². The highest BCUT2D eigenvalue weighted by Crippen LogP contribution is 2.30. The van der Waals surface area contributed by atoms with E-state index in [1.54, 1.807) is 18.2 Å². The molecule has 0 saturated carbocycles. The average molecular weight is 250 g/mol. The molecule has 0 spiro atoms. The first-order valence-electron chi connectivity index (χ1n) is 4.88. The van der Waals surface area contributed by atoms with Gasteiger partial charge in [-0.1, -0.05) is 12.1 Å². The van der Waals surface area contributed by atoms with Crippen molar-refractivity contribution < 1.29 is 14.6 Å². The van der Waals surface area contributed by atoms with Crippen LogP contribution in [0.25, 0.3) is 0 Å². The molecule has 0 bridgehead atoms. The maximum absolute atomic E-state index is 11.1. The summed E-state index contributed by atoms with van der Waals surface area (Å²) >= 11 is 1.35. The lowest BCUT2D eigenvalue weighted by Gasteiger charge is -2.03. The number of hydrogen-bond donors (Lipinski definition) is 2. The topological polar surface area (TPSA) is 70.7 Å². The molecule has 0 atom stereocenters. The molecule has 17 heavy (non-hydrogen) atoms. The first-order valence-corrected chi connectivity index (χ1v) is 5.87. The van der Waals surface area contributed by atoms with E-state index in [0.29, 0.717) is 16.4 Å². The van der Waals surface area contributed by atoms with Crippen LogP contribution in [0, 0.1) is 0 Å². The van der Waals surface area contributed by atoms with Gasteiger partial charge in [-0.15, -0.1) is 11.8 Å². The van der Waals surface area contributed by atoms with E-state index in [1.165, 1.54) is 17.8 Å². The molecule has 0 amide bonds. The minimum Gasteiger partial charge on any atom is -0.507 e. The van der Waals surface area contributed by atoms with Crippen LogP contribution < -0.4 is 5.43 Å². The summed E-state index contributed by atoms with van der Waals surface area (Å²) < 4.78 is 5.05. The van der Waals surface area contributed by atoms with Gasteiger partial charge >= 0.3 is 0 Å². The van der Waals surface area contributed by atoms with Crippen LogP contribution in [0.4, 0.5) is 0 Å². The van der Waals surface area contributed by atoms with Crippen molar-refractivity contribution in [2.75, 3.05) is 0 Å². The molecule has 0 unspecified atom stereocenters. The average Bonchev–Trinajstić information content (AvgIpc) is 2.32. The van der Waals surface area contributed by atoms with Gasteiger partial charge in [0.15, 0.2) is 5.75 Å². The predicted octanol–water partition coefficient (Wildman–Crippen LogP) is 2.34. The number of phenols is 1. The van der Waals surface area contributed by atoms with Gasteiger partial charge < -0.3 is 14.6 Å². The molecule has 0 fully saturated rings. The molecule has 1 aromatic heterocycles. The minimum absolute atomic E-state index is 0.193. The quantitative estimate of drug-likeness (QED) is 0.818. The van der Waals surface area contributed by atoms with Gasteiger partial charge in [-0.05, 0) is 12.1 Å². The van der Waals surface area contributed by atoms with E-state index in [2.05, 4.69) is 0 Å². The van der Waals surface area contributed by atoms with Crippen molar-refractivity contribution in [1.82, 2.24) is 0 Å². The Labute approximate surface area is 102 Å². The van der Waals surface area contributed by atoms with E-state index in [1.807, 2.05) is 6.07 Å². The molecule has 0 aliphatic carbocycles. The lowest BCUT2D eigenvalue weighted by molar-refractivity contribution is 0.419. The first kappa shape index (κ1) is 11.6. The number of thioether (sulfide) groups is 1. The van der Waals surface area contributed by atoms with Crippen molar-refractivity contribution in [3.63, 3.8) is 0 Å². The van der Waals surface area contributed by atoms with Crippen molar-refractivity contribution in [3.05, 3.63) is 52.6 Å². The number of phenolic OH excluding ortho intramolecular Hbond substituents is 1. The normalized spacial score (nSPS) is 10.4. The fourth-order valence-corrected chi connectivity index (χ4v) is 2.09. The molecular formula is C12H10O4S. The minimum atomic E-state index is -0.468. The Kier molecular flexibility index (Phi) is 3.39. The van der Waals surface area contributed by atoms with Crippen molar-refractivity contribution in [1.29, 1.82) is 0 Å². The highest BCUT2D eigenvalue weighted by Gasteiger charge is 2.05. The van der Waals surface area contributed by atoms with Crippen LogP contribution in [0.3, 0.4) is 0 Å². The van der Waals surface area contributed by atoms with E-state index in [9.17, 15) is 9.90 Å². The van der Waals surface area contributed by atoms with Crippen molar-refractivity contribution in [3.8, 4) is 11.5 Å². The molecule has 0 aliphatic rings. The Hall–Kier alpha value is -1.88. The zero-order valence-electron chi connectivity index (χ0n) is 8.79. The second-order valence-electron chi connectivity index (χ2n) is 3.35. The van der Waals surface area contributed by atoms with Gasteiger partial charge in [0.05, 0.1) is 5.75 Å². The lowest BCUT2D eigenvalue weighted by Crippen LogP contribution is -1.98. The molecule has 1 heterocycles. The van der Waals surface area contributed by atoms with Crippen LogP contribution in [0.5, 0.6) is 11.5 Å². The number of rotatable bonds is 3. The van der Waals surface area contributed by atoms with Gasteiger partial charge in [-0.2, -0.15) is 0 Å². The van der Waals surface area contributed by atoms with Gasteiger partial charge in [-0.25, -0.2) is 0 Å². The summed E-state index contributed by atoms with van der Waals surface area (Å²) in [5, 5.41) is 18.6. The molecule has 88 valence electrons. The third kappa shape index (κ3) is 2.82. The molecule has 4 nitrogen and oxygen atoms in total. The Bertz CT molecular complexity index is 577. The Morgan fingerprint density at radius 2 is 1.94 bits per heavy atom. The van der Waals surface area contributed by atoms with Crippen LogP contribution in [0.1, 0.15) is 5.76 Å². The van der Waals surface area contributed by atoms with Crippen LogP contribution in [0.2, 0.25) is 0 Å². The molecule has 2 aromatic rings. The predicted molar refractivity (Wildman–Crippen MR) is 64.3 cm³/mol. The summed E-state index contributed by atoms with van der Waals surface area (Å²) in [6.45, 7) is 0. The highest BCUT2D eigenvalue weighted by atomic mass is 32.2. The Morgan fingerprint density at radius 1 is 1.18 bits per heavy atom. The van der Waals surface area contributed by atoms with E-state index in [-0.39, 0.29) is 5.75 Å². The third-order valence-electron chi connectivity index (χ3n) is 2.10. The van der Waals surface area contributed by atoms with Crippen LogP contribution >= 0.6 is 11.8 Å². The summed E-state index contributed by atoms with van der Waals surface area (Å²) in [5.74, 6) is 0.647. The molecule has 0 aliphatic heterocycles. The van der Waals surface area contributed by atoms with Crippen LogP contribution in [-0.2, 0) is 5.75 Å². The number of benzene rings is 1. The fourth-order valence-electron chi connectivity index (χ4n) is 1.25. The van der Waals surface area contributed by atoms with Crippen molar-refractivity contribution in [2.45, 2.75) is 10.6 Å². The zero-order chi connectivity index (χ0) is 12.3. The molecular weight excluding hydrogens is 240 g/mol. The van der Waals surface area contributed by atoms with Gasteiger partial charge in [0.1, 0.15) is 17.8 Å². The van der Waals surface area contributed by atoms with Gasteiger partial charge in [0.25, 0.3) is 0 Å². The largest absolute Gasteiger partial charge is 0.507 e. The lowest BCUT2D eigenvalue weighted by atomic mass is 10.3. The third-order valence-corrected chi connectivity index (χ3v) is 3.19.